The molecule has 0 aliphatic rings. The lowest BCUT2D eigenvalue weighted by molar-refractivity contribution is 0.0926. The summed E-state index contributed by atoms with van der Waals surface area (Å²) in [6.07, 6.45) is 0. The zero-order chi connectivity index (χ0) is 17.9. The van der Waals surface area contributed by atoms with Crippen molar-refractivity contribution in [3.8, 4) is 0 Å². The second-order valence-electron chi connectivity index (χ2n) is 6.66. The van der Waals surface area contributed by atoms with Crippen LogP contribution in [0.4, 0.5) is 0 Å². The Kier molecular flexibility index (Phi) is 5.79. The van der Waals surface area contributed by atoms with Gasteiger partial charge in [0.2, 0.25) is 0 Å². The van der Waals surface area contributed by atoms with Crippen LogP contribution in [0.2, 0.25) is 0 Å². The normalized spacial score (nSPS) is 11.0. The second kappa shape index (κ2) is 7.63. The summed E-state index contributed by atoms with van der Waals surface area (Å²) in [6.45, 7) is 11.7. The van der Waals surface area contributed by atoms with E-state index in [0.717, 1.165) is 23.2 Å². The zero-order valence-corrected chi connectivity index (χ0v) is 15.7. The van der Waals surface area contributed by atoms with E-state index in [9.17, 15) is 4.79 Å². The summed E-state index contributed by atoms with van der Waals surface area (Å²) in [4.78, 5) is 14.8. The average molecular weight is 324 g/mol. The molecule has 1 amide bonds. The van der Waals surface area contributed by atoms with E-state index in [0.29, 0.717) is 6.67 Å². The van der Waals surface area contributed by atoms with Gasteiger partial charge in [-0.05, 0) is 75.0 Å². The minimum Gasteiger partial charge on any atom is -0.339 e. The molecule has 0 fully saturated rings. The van der Waals surface area contributed by atoms with Gasteiger partial charge in [-0.1, -0.05) is 30.3 Å². The Labute approximate surface area is 145 Å². The van der Waals surface area contributed by atoms with E-state index < -0.39 is 0 Å². The lowest BCUT2D eigenvalue weighted by atomic mass is 9.89. The third kappa shape index (κ3) is 3.85. The molecule has 0 unspecified atom stereocenters. The van der Waals surface area contributed by atoms with E-state index in [1.165, 1.54) is 22.3 Å². The summed E-state index contributed by atoms with van der Waals surface area (Å²) >= 11 is 0. The Bertz CT molecular complexity index is 706. The largest absolute Gasteiger partial charge is 0.339 e. The first-order valence-electron chi connectivity index (χ1n) is 8.40. The number of nitrogens with one attached hydrogen (secondary N) is 1. The number of carbonyl (C=O) groups is 1. The maximum absolute atomic E-state index is 12.7. The van der Waals surface area contributed by atoms with Gasteiger partial charge in [0.15, 0.2) is 0 Å². The monoisotopic (exact) mass is 324 g/mol. The molecular weight excluding hydrogens is 296 g/mol. The van der Waals surface area contributed by atoms with Crippen molar-refractivity contribution in [1.29, 1.82) is 0 Å². The number of hydrogen-bond donors (Lipinski definition) is 1. The van der Waals surface area contributed by atoms with Crippen LogP contribution in [-0.2, 0) is 6.54 Å². The van der Waals surface area contributed by atoms with Crippen LogP contribution in [-0.4, -0.2) is 24.5 Å². The predicted octanol–water partition coefficient (Wildman–Crippen LogP) is 4.05. The topological polar surface area (TPSA) is 32.3 Å². The van der Waals surface area contributed by atoms with Gasteiger partial charge in [0.1, 0.15) is 0 Å². The SMILES string of the molecule is Cc1c(C)c(C)c(C(=O)NCN(C)Cc2ccccc2)c(C)c1C. The zero-order valence-electron chi connectivity index (χ0n) is 15.7. The lowest BCUT2D eigenvalue weighted by Gasteiger charge is -2.21. The molecule has 0 radical (unpaired) electrons. The first-order valence-corrected chi connectivity index (χ1v) is 8.40. The Morgan fingerprint density at radius 2 is 1.38 bits per heavy atom. The molecule has 0 aliphatic heterocycles. The fraction of sp³-hybridized carbons (Fsp3) is 0.381. The quantitative estimate of drug-likeness (QED) is 0.842. The average Bonchev–Trinajstić information content (AvgIpc) is 2.57. The van der Waals surface area contributed by atoms with Crippen molar-refractivity contribution in [3.05, 3.63) is 69.3 Å². The van der Waals surface area contributed by atoms with Crippen molar-refractivity contribution < 1.29 is 4.79 Å². The maximum atomic E-state index is 12.7. The number of benzene rings is 2. The van der Waals surface area contributed by atoms with Crippen LogP contribution in [0, 0.1) is 34.6 Å². The molecule has 2 aromatic carbocycles. The highest BCUT2D eigenvalue weighted by Gasteiger charge is 2.18. The van der Waals surface area contributed by atoms with Crippen molar-refractivity contribution in [1.82, 2.24) is 10.2 Å². The van der Waals surface area contributed by atoms with Crippen molar-refractivity contribution in [2.24, 2.45) is 0 Å². The van der Waals surface area contributed by atoms with Gasteiger partial charge in [-0.25, -0.2) is 0 Å². The summed E-state index contributed by atoms with van der Waals surface area (Å²) in [5, 5.41) is 3.06. The van der Waals surface area contributed by atoms with Gasteiger partial charge in [0.25, 0.3) is 5.91 Å². The predicted molar refractivity (Wildman–Crippen MR) is 100 cm³/mol. The highest BCUT2D eigenvalue weighted by molar-refractivity contribution is 5.98. The smallest absolute Gasteiger partial charge is 0.252 e. The van der Waals surface area contributed by atoms with Gasteiger partial charge < -0.3 is 5.32 Å². The van der Waals surface area contributed by atoms with Crippen molar-refractivity contribution in [2.45, 2.75) is 41.2 Å². The molecule has 0 atom stereocenters. The molecule has 0 spiro atoms. The number of amides is 1. The molecular formula is C21H28N2O. The minimum absolute atomic E-state index is 0.0103. The van der Waals surface area contributed by atoms with E-state index in [-0.39, 0.29) is 5.91 Å². The molecule has 0 heterocycles. The third-order valence-corrected chi connectivity index (χ3v) is 5.03. The number of hydrogen-bond acceptors (Lipinski definition) is 2. The van der Waals surface area contributed by atoms with Gasteiger partial charge >= 0.3 is 0 Å². The molecule has 3 heteroatoms. The van der Waals surface area contributed by atoms with Gasteiger partial charge in [-0.15, -0.1) is 0 Å². The highest BCUT2D eigenvalue weighted by Crippen LogP contribution is 2.25. The van der Waals surface area contributed by atoms with Crippen molar-refractivity contribution in [2.75, 3.05) is 13.7 Å². The van der Waals surface area contributed by atoms with Crippen LogP contribution >= 0.6 is 0 Å². The van der Waals surface area contributed by atoms with Crippen LogP contribution in [0.25, 0.3) is 0 Å². The summed E-state index contributed by atoms with van der Waals surface area (Å²) in [7, 11) is 2.01. The van der Waals surface area contributed by atoms with Gasteiger partial charge in [0.05, 0.1) is 6.67 Å². The van der Waals surface area contributed by atoms with E-state index in [1.807, 2.05) is 39.1 Å². The molecule has 24 heavy (non-hydrogen) atoms. The van der Waals surface area contributed by atoms with E-state index in [1.54, 1.807) is 0 Å². The van der Waals surface area contributed by atoms with Crippen molar-refractivity contribution in [3.63, 3.8) is 0 Å². The summed E-state index contributed by atoms with van der Waals surface area (Å²) in [5.74, 6) is 0.0103. The maximum Gasteiger partial charge on any atom is 0.252 e. The number of rotatable bonds is 5. The molecule has 3 nitrogen and oxygen atoms in total. The molecule has 0 bridgehead atoms. The van der Waals surface area contributed by atoms with Crippen LogP contribution in [0.1, 0.15) is 43.7 Å². The van der Waals surface area contributed by atoms with Crippen LogP contribution in [0.15, 0.2) is 30.3 Å². The second-order valence-corrected chi connectivity index (χ2v) is 6.66. The minimum atomic E-state index is 0.0103. The number of carbonyl (C=O) groups excluding carboxylic acids is 1. The fourth-order valence-electron chi connectivity index (χ4n) is 3.09. The molecule has 0 saturated carbocycles. The van der Waals surface area contributed by atoms with Gasteiger partial charge in [0, 0.05) is 12.1 Å². The number of nitrogens with zero attached hydrogens (tertiary/aromatic N) is 1. The summed E-state index contributed by atoms with van der Waals surface area (Å²) in [5.41, 5.74) is 7.93. The fourth-order valence-corrected chi connectivity index (χ4v) is 3.09. The summed E-state index contributed by atoms with van der Waals surface area (Å²) in [6, 6.07) is 10.3. The van der Waals surface area contributed by atoms with Crippen LogP contribution in [0.3, 0.4) is 0 Å². The standard InChI is InChI=1S/C21H28N2O/c1-14-15(2)17(4)20(18(5)16(14)3)21(24)22-13-23(6)12-19-10-8-7-9-11-19/h7-11H,12-13H2,1-6H3,(H,22,24). The molecule has 0 aliphatic carbocycles. The Hall–Kier alpha value is -2.13. The molecule has 1 N–H and O–H groups in total. The van der Waals surface area contributed by atoms with Gasteiger partial charge in [-0.2, -0.15) is 0 Å². The lowest BCUT2D eigenvalue weighted by Crippen LogP contribution is -2.35. The third-order valence-electron chi connectivity index (χ3n) is 5.03. The molecule has 0 aromatic heterocycles. The molecule has 2 aromatic rings. The van der Waals surface area contributed by atoms with Crippen LogP contribution in [0.5, 0.6) is 0 Å². The Morgan fingerprint density at radius 1 is 0.875 bits per heavy atom. The Balaban J connectivity index is 2.08. The van der Waals surface area contributed by atoms with E-state index >= 15 is 0 Å². The van der Waals surface area contributed by atoms with Crippen molar-refractivity contribution >= 4 is 5.91 Å². The van der Waals surface area contributed by atoms with E-state index in [4.69, 9.17) is 0 Å². The van der Waals surface area contributed by atoms with Gasteiger partial charge in [-0.3, -0.25) is 9.69 Å². The first kappa shape index (κ1) is 18.2. The summed E-state index contributed by atoms with van der Waals surface area (Å²) < 4.78 is 0. The van der Waals surface area contributed by atoms with Crippen LogP contribution < -0.4 is 5.32 Å². The highest BCUT2D eigenvalue weighted by atomic mass is 16.1. The molecule has 0 saturated heterocycles. The van der Waals surface area contributed by atoms with E-state index in [2.05, 4.69) is 43.1 Å². The molecule has 2 rings (SSSR count). The Morgan fingerprint density at radius 3 is 1.92 bits per heavy atom. The molecule has 128 valence electrons. The first-order chi connectivity index (χ1) is 11.3.